The zero-order chi connectivity index (χ0) is 27.5. The van der Waals surface area contributed by atoms with E-state index < -0.39 is 23.3 Å². The second kappa shape index (κ2) is 18.7. The van der Waals surface area contributed by atoms with Crippen molar-refractivity contribution in [2.24, 2.45) is 0 Å². The molecule has 3 rings (SSSR count). The molecular formula is C28H32F2O6S2. The fourth-order valence-corrected chi connectivity index (χ4v) is 5.68. The summed E-state index contributed by atoms with van der Waals surface area (Å²) in [6.45, 7) is 0.0483. The van der Waals surface area contributed by atoms with Crippen LogP contribution >= 0.6 is 12.0 Å². The molecule has 0 radical (unpaired) electrons. The van der Waals surface area contributed by atoms with E-state index >= 15 is 0 Å². The number of ether oxygens (including phenoxy) is 1. The molecule has 38 heavy (non-hydrogen) atoms. The average molecular weight is 567 g/mol. The monoisotopic (exact) mass is 566 g/mol. The SMILES string of the molecule is O=C(OCCCCCCCCO)C(F)(F)SOO[O-].c1ccc([S+](c2ccccc2)c2ccccc2)cc1. The normalized spacial score (nSPS) is 11.1. The van der Waals surface area contributed by atoms with E-state index in [1.165, 1.54) is 14.7 Å². The van der Waals surface area contributed by atoms with Gasteiger partial charge < -0.3 is 15.1 Å². The fourth-order valence-electron chi connectivity index (χ4n) is 3.34. The van der Waals surface area contributed by atoms with E-state index in [4.69, 9.17) is 5.11 Å². The summed E-state index contributed by atoms with van der Waals surface area (Å²) in [7, 11) is -0.0146. The molecule has 0 amide bonds. The molecule has 0 aliphatic heterocycles. The Morgan fingerprint density at radius 3 is 1.61 bits per heavy atom. The molecule has 10 heteroatoms. The Balaban J connectivity index is 0.000000267. The first-order valence-corrected chi connectivity index (χ1v) is 14.2. The number of hydrogen-bond acceptors (Lipinski definition) is 7. The molecule has 1 N–H and O–H groups in total. The van der Waals surface area contributed by atoms with Gasteiger partial charge in [-0.2, -0.15) is 13.1 Å². The van der Waals surface area contributed by atoms with Crippen molar-refractivity contribution in [2.45, 2.75) is 58.5 Å². The van der Waals surface area contributed by atoms with Crippen LogP contribution in [-0.4, -0.2) is 29.5 Å². The van der Waals surface area contributed by atoms with Crippen molar-refractivity contribution in [1.29, 1.82) is 0 Å². The molecule has 0 aliphatic rings. The Morgan fingerprint density at radius 1 is 0.763 bits per heavy atom. The van der Waals surface area contributed by atoms with Crippen LogP contribution in [0.4, 0.5) is 8.78 Å². The van der Waals surface area contributed by atoms with E-state index in [-0.39, 0.29) is 24.1 Å². The predicted octanol–water partition coefficient (Wildman–Crippen LogP) is 6.11. The highest BCUT2D eigenvalue weighted by Crippen LogP contribution is 2.31. The molecule has 0 saturated heterocycles. The van der Waals surface area contributed by atoms with Gasteiger partial charge in [0.1, 0.15) is 12.0 Å². The zero-order valence-electron chi connectivity index (χ0n) is 20.9. The van der Waals surface area contributed by atoms with Crippen molar-refractivity contribution >= 4 is 28.9 Å². The number of benzene rings is 3. The lowest BCUT2D eigenvalue weighted by atomic mass is 10.1. The molecule has 0 aliphatic carbocycles. The number of alkyl halides is 2. The molecule has 0 saturated carbocycles. The minimum atomic E-state index is -3.97. The standard InChI is InChI=1S/C18H15S.C10H18F2O6S/c1-4-10-16(11-5-1)19(17-12-6-2-7-13-17)18-14-8-3-9-15-18;11-10(12,19-18-17-15)9(14)16-8-6-4-2-1-3-5-7-13/h1-15H;13,15H,1-8H2/q+1;/p-1. The summed E-state index contributed by atoms with van der Waals surface area (Å²) in [5.74, 6) is -1.77. The van der Waals surface area contributed by atoms with Gasteiger partial charge >= 0.3 is 11.2 Å². The summed E-state index contributed by atoms with van der Waals surface area (Å²) in [4.78, 5) is 15.0. The summed E-state index contributed by atoms with van der Waals surface area (Å²) >= 11 is -0.702. The first-order chi connectivity index (χ1) is 18.5. The lowest BCUT2D eigenvalue weighted by molar-refractivity contribution is -0.777. The van der Waals surface area contributed by atoms with Crippen LogP contribution in [0, 0.1) is 0 Å². The van der Waals surface area contributed by atoms with Crippen LogP contribution in [0.5, 0.6) is 0 Å². The number of aliphatic hydroxyl groups excluding tert-OH is 1. The van der Waals surface area contributed by atoms with Gasteiger partial charge in [0.25, 0.3) is 0 Å². The highest BCUT2D eigenvalue weighted by atomic mass is 32.2. The van der Waals surface area contributed by atoms with Crippen LogP contribution in [-0.2, 0) is 29.8 Å². The van der Waals surface area contributed by atoms with Gasteiger partial charge in [-0.05, 0) is 49.2 Å². The third-order valence-electron chi connectivity index (χ3n) is 5.13. The summed E-state index contributed by atoms with van der Waals surface area (Å²) < 4.78 is 33.4. The average Bonchev–Trinajstić information content (AvgIpc) is 2.95. The van der Waals surface area contributed by atoms with Gasteiger partial charge in [-0.1, -0.05) is 80.3 Å². The number of unbranched alkanes of at least 4 members (excludes halogenated alkanes) is 5. The third-order valence-corrected chi connectivity index (χ3v) is 7.86. The van der Waals surface area contributed by atoms with Gasteiger partial charge in [-0.3, -0.25) is 5.04 Å². The van der Waals surface area contributed by atoms with Crippen LogP contribution < -0.4 is 5.26 Å². The van der Waals surface area contributed by atoms with Crippen LogP contribution in [0.2, 0.25) is 0 Å². The maximum atomic E-state index is 12.8. The second-order valence-corrected chi connectivity index (χ2v) is 10.8. The molecule has 206 valence electrons. The molecule has 3 aromatic carbocycles. The Hall–Kier alpha value is -2.47. The van der Waals surface area contributed by atoms with E-state index in [0.29, 0.717) is 6.42 Å². The summed E-state index contributed by atoms with van der Waals surface area (Å²) in [6, 6.07) is 32.2. The number of hydrogen-bond donors (Lipinski definition) is 1. The smallest absolute Gasteiger partial charge is 0.415 e. The molecule has 0 aromatic heterocycles. The minimum absolute atomic E-state index is 0.0146. The first kappa shape index (κ1) is 31.7. The lowest BCUT2D eigenvalue weighted by Gasteiger charge is -2.13. The van der Waals surface area contributed by atoms with Crippen molar-refractivity contribution in [1.82, 2.24) is 0 Å². The third kappa shape index (κ3) is 11.9. The zero-order valence-corrected chi connectivity index (χ0v) is 22.5. The number of aliphatic hydroxyl groups is 1. The number of carbonyl (C=O) groups is 1. The maximum absolute atomic E-state index is 12.8. The van der Waals surface area contributed by atoms with Gasteiger partial charge in [0.2, 0.25) is 0 Å². The van der Waals surface area contributed by atoms with Crippen LogP contribution in [0.3, 0.4) is 0 Å². The van der Waals surface area contributed by atoms with Crippen LogP contribution in [0.25, 0.3) is 0 Å². The molecule has 0 atom stereocenters. The predicted molar refractivity (Wildman–Crippen MR) is 142 cm³/mol. The van der Waals surface area contributed by atoms with Gasteiger partial charge in [0.05, 0.1) is 17.5 Å². The molecule has 0 spiro atoms. The maximum Gasteiger partial charge on any atom is 0.415 e. The molecule has 0 unspecified atom stereocenters. The number of halogens is 2. The Bertz CT molecular complexity index is 920. The van der Waals surface area contributed by atoms with Gasteiger partial charge in [0.15, 0.2) is 14.7 Å². The van der Waals surface area contributed by atoms with E-state index in [9.17, 15) is 18.8 Å². The molecule has 6 nitrogen and oxygen atoms in total. The molecule has 0 fully saturated rings. The van der Waals surface area contributed by atoms with Crippen LogP contribution in [0.1, 0.15) is 38.5 Å². The second-order valence-electron chi connectivity index (χ2n) is 7.96. The topological polar surface area (TPSA) is 88.1 Å². The van der Waals surface area contributed by atoms with Gasteiger partial charge in [-0.25, -0.2) is 4.79 Å². The van der Waals surface area contributed by atoms with Gasteiger partial charge in [0, 0.05) is 6.61 Å². The highest BCUT2D eigenvalue weighted by molar-refractivity contribution is 7.97. The van der Waals surface area contributed by atoms with E-state index in [1.807, 2.05) is 0 Å². The van der Waals surface area contributed by atoms with Crippen LogP contribution in [0.15, 0.2) is 106 Å². The van der Waals surface area contributed by atoms with E-state index in [1.54, 1.807) is 0 Å². The summed E-state index contributed by atoms with van der Waals surface area (Å²) in [6.07, 6.45) is 4.71. The molecular weight excluding hydrogens is 534 g/mol. The van der Waals surface area contributed by atoms with Crippen molar-refractivity contribution in [2.75, 3.05) is 13.2 Å². The molecule has 0 bridgehead atoms. The summed E-state index contributed by atoms with van der Waals surface area (Å²) in [5.41, 5.74) is 0. The number of carbonyl (C=O) groups excluding carboxylic acids is 1. The van der Waals surface area contributed by atoms with Crippen molar-refractivity contribution in [3.8, 4) is 0 Å². The Labute approximate surface area is 229 Å². The summed E-state index contributed by atoms with van der Waals surface area (Å²) in [5, 5.41) is 16.7. The fraction of sp³-hybridized carbons (Fsp3) is 0.321. The lowest BCUT2D eigenvalue weighted by Crippen LogP contribution is -2.28. The van der Waals surface area contributed by atoms with E-state index in [0.717, 1.165) is 32.1 Å². The quantitative estimate of drug-likeness (QED) is 0.0593. The van der Waals surface area contributed by atoms with E-state index in [2.05, 4.69) is 105 Å². The Kier molecular flexibility index (Phi) is 15.6. The largest absolute Gasteiger partial charge is 0.691 e. The number of rotatable bonds is 15. The van der Waals surface area contributed by atoms with Crippen molar-refractivity contribution in [3.05, 3.63) is 91.0 Å². The highest BCUT2D eigenvalue weighted by Gasteiger charge is 2.43. The Morgan fingerprint density at radius 2 is 1.18 bits per heavy atom. The minimum Gasteiger partial charge on any atom is -0.691 e. The van der Waals surface area contributed by atoms with Crippen molar-refractivity contribution in [3.63, 3.8) is 0 Å². The van der Waals surface area contributed by atoms with Crippen molar-refractivity contribution < 1.29 is 38.0 Å². The molecule has 0 heterocycles. The van der Waals surface area contributed by atoms with Gasteiger partial charge in [-0.15, -0.1) is 0 Å². The number of esters is 1. The molecule has 3 aromatic rings. The first-order valence-electron chi connectivity index (χ1n) is 12.2.